The molecular formula is C40H42Cl2N6O3. The van der Waals surface area contributed by atoms with Gasteiger partial charge in [-0.3, -0.25) is 19.2 Å². The average molecular weight is 726 g/mol. The molecule has 2 N–H and O–H groups in total. The van der Waals surface area contributed by atoms with Crippen LogP contribution in [-0.4, -0.2) is 50.4 Å². The number of hydrogen-bond donors (Lipinski definition) is 1. The van der Waals surface area contributed by atoms with Crippen molar-refractivity contribution in [2.45, 2.75) is 66.5 Å². The lowest BCUT2D eigenvalue weighted by atomic mass is 9.88. The van der Waals surface area contributed by atoms with Crippen LogP contribution in [0.5, 0.6) is 0 Å². The Balaban J connectivity index is 1.34. The Labute approximate surface area is 307 Å². The van der Waals surface area contributed by atoms with E-state index in [9.17, 15) is 9.59 Å². The van der Waals surface area contributed by atoms with E-state index in [0.717, 1.165) is 65.9 Å². The van der Waals surface area contributed by atoms with Crippen LogP contribution in [0, 0.1) is 19.8 Å². The van der Waals surface area contributed by atoms with Gasteiger partial charge in [0.25, 0.3) is 5.91 Å². The third kappa shape index (κ3) is 5.76. The molecule has 7 rings (SSSR count). The van der Waals surface area contributed by atoms with Gasteiger partial charge in [-0.25, -0.2) is 4.98 Å². The van der Waals surface area contributed by atoms with Gasteiger partial charge in [-0.15, -0.1) is 0 Å². The zero-order chi connectivity index (χ0) is 36.5. The quantitative estimate of drug-likeness (QED) is 0.161. The molecule has 2 aliphatic rings. The summed E-state index contributed by atoms with van der Waals surface area (Å²) in [4.78, 5) is 33.4. The number of carbonyl (C=O) groups is 2. The molecule has 264 valence electrons. The highest BCUT2D eigenvalue weighted by Crippen LogP contribution is 2.45. The van der Waals surface area contributed by atoms with Gasteiger partial charge in [0.1, 0.15) is 11.5 Å². The van der Waals surface area contributed by atoms with E-state index in [1.165, 1.54) is 0 Å². The Morgan fingerprint density at radius 3 is 2.49 bits per heavy atom. The van der Waals surface area contributed by atoms with E-state index in [-0.39, 0.29) is 24.0 Å². The van der Waals surface area contributed by atoms with Crippen molar-refractivity contribution < 1.29 is 14.3 Å². The predicted molar refractivity (Wildman–Crippen MR) is 205 cm³/mol. The van der Waals surface area contributed by atoms with Crippen molar-refractivity contribution in [1.29, 1.82) is 0 Å². The summed E-state index contributed by atoms with van der Waals surface area (Å²) in [5, 5.41) is 8.67. The molecule has 2 aromatic carbocycles. The van der Waals surface area contributed by atoms with Crippen LogP contribution in [0.4, 0.5) is 5.82 Å². The lowest BCUT2D eigenvalue weighted by Crippen LogP contribution is -2.43. The van der Waals surface area contributed by atoms with Gasteiger partial charge in [-0.1, -0.05) is 42.3 Å². The lowest BCUT2D eigenvalue weighted by molar-refractivity contribution is 0.0565. The first-order valence-electron chi connectivity index (χ1n) is 17.3. The third-order valence-corrected chi connectivity index (χ3v) is 11.7. The number of halogens is 2. The second kappa shape index (κ2) is 13.3. The summed E-state index contributed by atoms with van der Waals surface area (Å²) in [6.45, 7) is 13.3. The molecule has 2 unspecified atom stereocenters. The number of anilines is 1. The fourth-order valence-electron chi connectivity index (χ4n) is 7.90. The number of allylic oxidation sites excluding steroid dienone is 2. The lowest BCUT2D eigenvalue weighted by Gasteiger charge is -2.34. The molecule has 5 aromatic rings. The summed E-state index contributed by atoms with van der Waals surface area (Å²) in [5.41, 5.74) is 14.4. The molecule has 0 spiro atoms. The predicted octanol–water partition coefficient (Wildman–Crippen LogP) is 8.61. The van der Waals surface area contributed by atoms with Crippen molar-refractivity contribution in [2.75, 3.05) is 18.1 Å². The summed E-state index contributed by atoms with van der Waals surface area (Å²) in [6, 6.07) is 10.9. The number of nitrogens with two attached hydrogens (primary N) is 1. The van der Waals surface area contributed by atoms with E-state index in [0.29, 0.717) is 48.1 Å². The molecule has 2 amide bonds. The van der Waals surface area contributed by atoms with E-state index in [1.54, 1.807) is 23.2 Å². The minimum Gasteiger partial charge on any atom is -0.374 e. The summed E-state index contributed by atoms with van der Waals surface area (Å²) in [5.74, 6) is 0.0574. The van der Waals surface area contributed by atoms with Crippen LogP contribution in [-0.2, 0) is 18.2 Å². The maximum atomic E-state index is 15.0. The first-order chi connectivity index (χ1) is 24.3. The molecule has 9 nitrogen and oxygen atoms in total. The van der Waals surface area contributed by atoms with Crippen molar-refractivity contribution in [1.82, 2.24) is 19.3 Å². The number of amides is 2. The van der Waals surface area contributed by atoms with Gasteiger partial charge in [0.2, 0.25) is 5.91 Å². The standard InChI is InChI=1S/C40H42Cl2N6O3/c1-20-17-32(22(3)23(4)35(20)42)51-16-8-9-29-30-12-13-31(41)34(33-24(5)45-46(7)25(33)6)36(30)48-21(2)19-47(40(50)37(29)48)39-28-11-10-27(38(43)49)18-26(28)14-15-44-39/h10-15,17-18,21-22,32H,8-9,16,19H2,1-7H3,(H2,43,49)/t21-,22?,32?/m1/s1. The molecule has 3 aromatic heterocycles. The number of carbonyl (C=O) groups excluding carboxylic acids is 2. The molecular weight excluding hydrogens is 683 g/mol. The molecule has 51 heavy (non-hydrogen) atoms. The minimum atomic E-state index is -0.510. The number of aryl methyl sites for hydroxylation is 3. The van der Waals surface area contributed by atoms with Gasteiger partial charge >= 0.3 is 0 Å². The Hall–Kier alpha value is -4.44. The topological polar surface area (TPSA) is 108 Å². The molecule has 1 aliphatic carbocycles. The SMILES string of the molecule is CC1=CC(OCCCc2c3n(c4c(-c5c(C)nn(C)c5C)c(Cl)ccc24)[C@H](C)CN(c2nccc4cc(C(N)=O)ccc24)C3=O)C(C)C(C)=C1Cl. The van der Waals surface area contributed by atoms with Crippen LogP contribution in [0.1, 0.15) is 78.0 Å². The van der Waals surface area contributed by atoms with Crippen LogP contribution in [0.25, 0.3) is 32.8 Å². The number of pyridine rings is 1. The maximum absolute atomic E-state index is 15.0. The van der Waals surface area contributed by atoms with Crippen LogP contribution < -0.4 is 10.6 Å². The van der Waals surface area contributed by atoms with Crippen molar-refractivity contribution >= 4 is 62.5 Å². The van der Waals surface area contributed by atoms with Gasteiger partial charge in [-0.05, 0) is 99.9 Å². The van der Waals surface area contributed by atoms with Crippen molar-refractivity contribution in [2.24, 2.45) is 18.7 Å². The summed E-state index contributed by atoms with van der Waals surface area (Å²) in [7, 11) is 1.93. The summed E-state index contributed by atoms with van der Waals surface area (Å²) < 4.78 is 10.5. The summed E-state index contributed by atoms with van der Waals surface area (Å²) in [6.07, 6.45) is 5.02. The van der Waals surface area contributed by atoms with Crippen molar-refractivity contribution in [3.05, 3.63) is 98.1 Å². The molecule has 0 radical (unpaired) electrons. The highest BCUT2D eigenvalue weighted by molar-refractivity contribution is 6.35. The number of primary amides is 1. The largest absolute Gasteiger partial charge is 0.374 e. The number of hydrogen-bond acceptors (Lipinski definition) is 5. The summed E-state index contributed by atoms with van der Waals surface area (Å²) >= 11 is 13.6. The zero-order valence-corrected chi connectivity index (χ0v) is 31.5. The van der Waals surface area contributed by atoms with Crippen LogP contribution >= 0.6 is 23.2 Å². The van der Waals surface area contributed by atoms with Crippen LogP contribution in [0.15, 0.2) is 64.8 Å². The van der Waals surface area contributed by atoms with E-state index in [2.05, 4.69) is 31.4 Å². The Morgan fingerprint density at radius 2 is 1.78 bits per heavy atom. The number of rotatable bonds is 8. The molecule has 4 heterocycles. The Kier molecular flexibility index (Phi) is 9.10. The zero-order valence-electron chi connectivity index (χ0n) is 30.0. The Bertz CT molecular complexity index is 2330. The fraction of sp³-hybridized carbons (Fsp3) is 0.350. The molecule has 0 fully saturated rings. The molecule has 11 heteroatoms. The minimum absolute atomic E-state index is 0.0706. The molecule has 1 aliphatic heterocycles. The van der Waals surface area contributed by atoms with E-state index >= 15 is 0 Å². The van der Waals surface area contributed by atoms with E-state index < -0.39 is 5.91 Å². The smallest absolute Gasteiger partial charge is 0.276 e. The third-order valence-electron chi connectivity index (χ3n) is 10.8. The average Bonchev–Trinajstić information content (AvgIpc) is 3.57. The van der Waals surface area contributed by atoms with Gasteiger partial charge in [0.15, 0.2) is 0 Å². The van der Waals surface area contributed by atoms with E-state index in [4.69, 9.17) is 43.8 Å². The molecule has 0 saturated heterocycles. The maximum Gasteiger partial charge on any atom is 0.276 e. The molecule has 0 saturated carbocycles. The highest BCUT2D eigenvalue weighted by Gasteiger charge is 2.38. The van der Waals surface area contributed by atoms with Gasteiger partial charge in [0, 0.05) is 76.5 Å². The number of fused-ring (bicyclic) bond motifs is 4. The first kappa shape index (κ1) is 35.0. The number of benzene rings is 2. The van der Waals surface area contributed by atoms with Crippen LogP contribution in [0.2, 0.25) is 5.02 Å². The van der Waals surface area contributed by atoms with Gasteiger partial charge in [-0.2, -0.15) is 5.10 Å². The van der Waals surface area contributed by atoms with Gasteiger partial charge in [0.05, 0.1) is 22.3 Å². The first-order valence-corrected chi connectivity index (χ1v) is 18.1. The van der Waals surface area contributed by atoms with Crippen LogP contribution in [0.3, 0.4) is 0 Å². The molecule has 0 bridgehead atoms. The number of nitrogens with zero attached hydrogens (tertiary/aromatic N) is 5. The second-order valence-corrected chi connectivity index (χ2v) is 14.7. The normalized spacial score (nSPS) is 19.3. The Morgan fingerprint density at radius 1 is 1.04 bits per heavy atom. The monoisotopic (exact) mass is 724 g/mol. The number of ether oxygens (including phenoxy) is 1. The molecule has 3 atom stereocenters. The van der Waals surface area contributed by atoms with Crippen molar-refractivity contribution in [3.8, 4) is 11.1 Å². The second-order valence-electron chi connectivity index (χ2n) is 14.0. The highest BCUT2D eigenvalue weighted by atomic mass is 35.5. The number of aromatic nitrogens is 4. The fourth-order valence-corrected chi connectivity index (χ4v) is 8.38. The van der Waals surface area contributed by atoms with E-state index in [1.807, 2.05) is 56.8 Å². The van der Waals surface area contributed by atoms with Gasteiger partial charge < -0.3 is 15.0 Å². The van der Waals surface area contributed by atoms with Crippen molar-refractivity contribution in [3.63, 3.8) is 0 Å².